The van der Waals surface area contributed by atoms with E-state index in [-0.39, 0.29) is 12.5 Å². The van der Waals surface area contributed by atoms with Gasteiger partial charge in [-0.1, -0.05) is 6.07 Å². The van der Waals surface area contributed by atoms with Crippen LogP contribution in [0.1, 0.15) is 10.4 Å². The van der Waals surface area contributed by atoms with Crippen LogP contribution in [0.5, 0.6) is 5.75 Å². The number of nitrogens with one attached hydrogen (secondary N) is 1. The number of hydrogen-bond donors (Lipinski definition) is 1. The summed E-state index contributed by atoms with van der Waals surface area (Å²) in [5.74, 6) is -0.0978. The summed E-state index contributed by atoms with van der Waals surface area (Å²) in [7, 11) is 2.84. The number of rotatable bonds is 5. The molecule has 0 aliphatic rings. The van der Waals surface area contributed by atoms with Gasteiger partial charge in [0.05, 0.1) is 26.1 Å². The molecule has 7 heteroatoms. The molecule has 2 rings (SSSR count). The van der Waals surface area contributed by atoms with Gasteiger partial charge in [0.15, 0.2) is 0 Å². The van der Waals surface area contributed by atoms with Gasteiger partial charge in [0.2, 0.25) is 0 Å². The van der Waals surface area contributed by atoms with Gasteiger partial charge in [0.25, 0.3) is 5.91 Å². The fourth-order valence-corrected chi connectivity index (χ4v) is 1.68. The third kappa shape index (κ3) is 3.82. The molecule has 7 nitrogen and oxygen atoms in total. The second kappa shape index (κ2) is 6.56. The molecule has 0 radical (unpaired) electrons. The molecule has 0 fully saturated rings. The molecule has 0 atom stereocenters. The van der Waals surface area contributed by atoms with Gasteiger partial charge < -0.3 is 14.8 Å². The molecule has 21 heavy (non-hydrogen) atoms. The van der Waals surface area contributed by atoms with Crippen molar-refractivity contribution in [2.24, 2.45) is 0 Å². The van der Waals surface area contributed by atoms with E-state index in [4.69, 9.17) is 4.74 Å². The molecule has 1 heterocycles. The largest absolute Gasteiger partial charge is 0.497 e. The summed E-state index contributed by atoms with van der Waals surface area (Å²) in [4.78, 5) is 23.2. The summed E-state index contributed by atoms with van der Waals surface area (Å²) in [5, 5.41) is 6.65. The Balaban J connectivity index is 2.04. The maximum Gasteiger partial charge on any atom is 0.327 e. The maximum absolute atomic E-state index is 12.1. The molecule has 1 aromatic heterocycles. The first-order valence-electron chi connectivity index (χ1n) is 6.17. The minimum Gasteiger partial charge on any atom is -0.497 e. The number of anilines is 1. The lowest BCUT2D eigenvalue weighted by Crippen LogP contribution is -2.12. The number of carbonyl (C=O) groups excluding carboxylic acids is 2. The first kappa shape index (κ1) is 14.6. The van der Waals surface area contributed by atoms with Crippen LogP contribution in [0.15, 0.2) is 36.7 Å². The summed E-state index contributed by atoms with van der Waals surface area (Å²) in [5.41, 5.74) is 0.960. The van der Waals surface area contributed by atoms with Gasteiger partial charge in [-0.2, -0.15) is 5.10 Å². The highest BCUT2D eigenvalue weighted by atomic mass is 16.5. The number of esters is 1. The zero-order valence-electron chi connectivity index (χ0n) is 11.7. The van der Waals surface area contributed by atoms with Crippen LogP contribution < -0.4 is 10.1 Å². The molecule has 1 amide bonds. The van der Waals surface area contributed by atoms with Gasteiger partial charge in [-0.05, 0) is 18.2 Å². The van der Waals surface area contributed by atoms with E-state index in [0.29, 0.717) is 17.0 Å². The zero-order valence-corrected chi connectivity index (χ0v) is 11.7. The molecule has 2 aromatic rings. The number of aromatic nitrogens is 2. The second-order valence-corrected chi connectivity index (χ2v) is 4.19. The molecular weight excluding hydrogens is 274 g/mol. The lowest BCUT2D eigenvalue weighted by atomic mass is 10.2. The van der Waals surface area contributed by atoms with Gasteiger partial charge in [-0.15, -0.1) is 0 Å². The average Bonchev–Trinajstić information content (AvgIpc) is 2.94. The van der Waals surface area contributed by atoms with Crippen molar-refractivity contribution in [2.45, 2.75) is 6.54 Å². The Morgan fingerprint density at radius 3 is 2.86 bits per heavy atom. The minimum atomic E-state index is -0.413. The SMILES string of the molecule is COC(=O)Cn1cc(NC(=O)c2cccc(OC)c2)cn1. The number of methoxy groups -OCH3 is 2. The van der Waals surface area contributed by atoms with Gasteiger partial charge in [-0.25, -0.2) is 0 Å². The molecule has 0 saturated carbocycles. The smallest absolute Gasteiger partial charge is 0.327 e. The topological polar surface area (TPSA) is 82.5 Å². The normalized spacial score (nSPS) is 10.0. The Bertz CT molecular complexity index is 651. The molecule has 110 valence electrons. The molecule has 0 unspecified atom stereocenters. The van der Waals surface area contributed by atoms with Crippen LogP contribution in [-0.2, 0) is 16.1 Å². The van der Waals surface area contributed by atoms with Gasteiger partial charge in [0.1, 0.15) is 12.3 Å². The third-order valence-corrected chi connectivity index (χ3v) is 2.74. The molecule has 0 spiro atoms. The van der Waals surface area contributed by atoms with E-state index in [1.165, 1.54) is 25.1 Å². The molecule has 0 saturated heterocycles. The Labute approximate surface area is 121 Å². The van der Waals surface area contributed by atoms with Crippen LogP contribution in [0.3, 0.4) is 0 Å². The number of benzene rings is 1. The van der Waals surface area contributed by atoms with Crippen molar-refractivity contribution in [2.75, 3.05) is 19.5 Å². The van der Waals surface area contributed by atoms with E-state index in [9.17, 15) is 9.59 Å². The van der Waals surface area contributed by atoms with Crippen molar-refractivity contribution in [3.8, 4) is 5.75 Å². The van der Waals surface area contributed by atoms with Crippen LogP contribution in [-0.4, -0.2) is 35.9 Å². The monoisotopic (exact) mass is 289 g/mol. The van der Waals surface area contributed by atoms with E-state index >= 15 is 0 Å². The quantitative estimate of drug-likeness (QED) is 0.839. The first-order valence-corrected chi connectivity index (χ1v) is 6.17. The van der Waals surface area contributed by atoms with Crippen molar-refractivity contribution in [3.05, 3.63) is 42.2 Å². The summed E-state index contributed by atoms with van der Waals surface area (Å²) < 4.78 is 11.0. The summed E-state index contributed by atoms with van der Waals surface area (Å²) in [6.45, 7) is -0.00840. The van der Waals surface area contributed by atoms with Crippen molar-refractivity contribution < 1.29 is 19.1 Å². The zero-order chi connectivity index (χ0) is 15.2. The fraction of sp³-hybridized carbons (Fsp3) is 0.214. The highest BCUT2D eigenvalue weighted by Crippen LogP contribution is 2.14. The van der Waals surface area contributed by atoms with E-state index < -0.39 is 5.97 Å². The molecule has 1 aromatic carbocycles. The van der Waals surface area contributed by atoms with Crippen LogP contribution in [0.25, 0.3) is 0 Å². The Kier molecular flexibility index (Phi) is 4.55. The predicted octanol–water partition coefficient (Wildman–Crippen LogP) is 1.32. The minimum absolute atomic E-state index is 0.00840. The van der Waals surface area contributed by atoms with Crippen LogP contribution in [0, 0.1) is 0 Å². The standard InChI is InChI=1S/C14H15N3O4/c1-20-12-5-3-4-10(6-12)14(19)16-11-7-15-17(8-11)9-13(18)21-2/h3-8H,9H2,1-2H3,(H,16,19). The fourth-order valence-electron chi connectivity index (χ4n) is 1.68. The van der Waals surface area contributed by atoms with Crippen molar-refractivity contribution >= 4 is 17.6 Å². The molecule has 0 bridgehead atoms. The highest BCUT2D eigenvalue weighted by Gasteiger charge is 2.09. The summed E-state index contributed by atoms with van der Waals surface area (Å²) in [6.07, 6.45) is 3.01. The van der Waals surface area contributed by atoms with Crippen LogP contribution in [0.4, 0.5) is 5.69 Å². The van der Waals surface area contributed by atoms with Gasteiger partial charge in [-0.3, -0.25) is 14.3 Å². The Hall–Kier alpha value is -2.83. The van der Waals surface area contributed by atoms with E-state index in [2.05, 4.69) is 15.2 Å². The maximum atomic E-state index is 12.1. The van der Waals surface area contributed by atoms with E-state index in [0.717, 1.165) is 0 Å². The Morgan fingerprint density at radius 2 is 2.14 bits per heavy atom. The highest BCUT2D eigenvalue weighted by molar-refractivity contribution is 6.04. The van der Waals surface area contributed by atoms with Crippen molar-refractivity contribution in [1.29, 1.82) is 0 Å². The molecule has 1 N–H and O–H groups in total. The van der Waals surface area contributed by atoms with E-state index in [1.54, 1.807) is 30.5 Å². The summed E-state index contributed by atoms with van der Waals surface area (Å²) in [6, 6.07) is 6.80. The third-order valence-electron chi connectivity index (χ3n) is 2.74. The van der Waals surface area contributed by atoms with Crippen molar-refractivity contribution in [3.63, 3.8) is 0 Å². The van der Waals surface area contributed by atoms with E-state index in [1.807, 2.05) is 0 Å². The van der Waals surface area contributed by atoms with Crippen molar-refractivity contribution in [1.82, 2.24) is 9.78 Å². The number of carbonyl (C=O) groups is 2. The number of hydrogen-bond acceptors (Lipinski definition) is 5. The predicted molar refractivity (Wildman–Crippen MR) is 75.2 cm³/mol. The molecule has 0 aliphatic carbocycles. The lowest BCUT2D eigenvalue weighted by Gasteiger charge is -2.04. The second-order valence-electron chi connectivity index (χ2n) is 4.19. The number of amides is 1. The van der Waals surface area contributed by atoms with Crippen LogP contribution in [0.2, 0.25) is 0 Å². The molecule has 0 aliphatic heterocycles. The van der Waals surface area contributed by atoms with Gasteiger partial charge in [0, 0.05) is 11.8 Å². The van der Waals surface area contributed by atoms with Crippen LogP contribution >= 0.6 is 0 Å². The van der Waals surface area contributed by atoms with Gasteiger partial charge >= 0.3 is 5.97 Å². The number of nitrogens with zero attached hydrogens (tertiary/aromatic N) is 2. The molecular formula is C14H15N3O4. The lowest BCUT2D eigenvalue weighted by molar-refractivity contribution is -0.141. The number of ether oxygens (including phenoxy) is 2. The Morgan fingerprint density at radius 1 is 1.33 bits per heavy atom. The first-order chi connectivity index (χ1) is 10.1. The average molecular weight is 289 g/mol. The summed E-state index contributed by atoms with van der Waals surface area (Å²) >= 11 is 0.